The van der Waals surface area contributed by atoms with Gasteiger partial charge in [-0.2, -0.15) is 4.99 Å². The Morgan fingerprint density at radius 1 is 1.50 bits per heavy atom. The van der Waals surface area contributed by atoms with E-state index in [1.807, 2.05) is 0 Å². The second-order valence-corrected chi connectivity index (χ2v) is 2.65. The van der Waals surface area contributed by atoms with Gasteiger partial charge in [0.2, 0.25) is 6.08 Å². The molecule has 0 aliphatic heterocycles. The molecule has 0 spiro atoms. The molecule has 74 valence electrons. The van der Waals surface area contributed by atoms with E-state index >= 15 is 0 Å². The first-order valence-corrected chi connectivity index (χ1v) is 3.79. The maximum Gasteiger partial charge on any atom is 0.240 e. The minimum absolute atomic E-state index is 0.178. The van der Waals surface area contributed by atoms with Gasteiger partial charge in [-0.25, -0.2) is 4.79 Å². The summed E-state index contributed by atoms with van der Waals surface area (Å²) >= 11 is 0. The molecule has 1 aromatic carbocycles. The van der Waals surface area contributed by atoms with E-state index in [1.54, 1.807) is 6.92 Å². The van der Waals surface area contributed by atoms with E-state index in [-0.39, 0.29) is 22.9 Å². The van der Waals surface area contributed by atoms with Crippen LogP contribution in [0.3, 0.4) is 0 Å². The first kappa shape index (κ1) is 10.1. The molecule has 1 aromatic rings. The summed E-state index contributed by atoms with van der Waals surface area (Å²) < 4.78 is 4.87. The van der Waals surface area contributed by atoms with E-state index < -0.39 is 0 Å². The zero-order chi connectivity index (χ0) is 10.7. The van der Waals surface area contributed by atoms with Crippen molar-refractivity contribution < 1.29 is 19.7 Å². The van der Waals surface area contributed by atoms with Gasteiger partial charge < -0.3 is 14.9 Å². The molecule has 14 heavy (non-hydrogen) atoms. The number of methoxy groups -OCH3 is 1. The van der Waals surface area contributed by atoms with Crippen molar-refractivity contribution in [2.75, 3.05) is 7.11 Å². The van der Waals surface area contributed by atoms with Crippen molar-refractivity contribution in [1.82, 2.24) is 0 Å². The number of ether oxygens (including phenoxy) is 1. The molecule has 2 N–H and O–H groups in total. The van der Waals surface area contributed by atoms with Crippen LogP contribution in [-0.4, -0.2) is 23.4 Å². The fourth-order valence-corrected chi connectivity index (χ4v) is 1.17. The van der Waals surface area contributed by atoms with E-state index in [4.69, 9.17) is 4.74 Å². The van der Waals surface area contributed by atoms with E-state index in [2.05, 4.69) is 4.99 Å². The zero-order valence-corrected chi connectivity index (χ0v) is 7.74. The summed E-state index contributed by atoms with van der Waals surface area (Å²) in [7, 11) is 1.37. The molecule has 0 radical (unpaired) electrons. The van der Waals surface area contributed by atoms with Crippen LogP contribution in [0.4, 0.5) is 5.69 Å². The van der Waals surface area contributed by atoms with Gasteiger partial charge in [-0.1, -0.05) is 0 Å². The minimum atomic E-state index is -0.367. The van der Waals surface area contributed by atoms with Gasteiger partial charge in [-0.05, 0) is 18.6 Å². The number of nitrogens with zero attached hydrogens (tertiary/aromatic N) is 1. The van der Waals surface area contributed by atoms with E-state index in [0.29, 0.717) is 5.56 Å². The van der Waals surface area contributed by atoms with Crippen LogP contribution in [0.1, 0.15) is 5.56 Å². The van der Waals surface area contributed by atoms with Gasteiger partial charge in [0.05, 0.1) is 7.11 Å². The number of hydrogen-bond donors (Lipinski definition) is 2. The Bertz CT molecular complexity index is 408. The Hall–Kier alpha value is -2.00. The number of aliphatic imine (C=N–C) groups is 1. The molecule has 5 nitrogen and oxygen atoms in total. The summed E-state index contributed by atoms with van der Waals surface area (Å²) in [6, 6.07) is 1.34. The maximum absolute atomic E-state index is 10.0. The lowest BCUT2D eigenvalue weighted by Crippen LogP contribution is -1.88. The largest absolute Gasteiger partial charge is 0.505 e. The number of carbonyl (C=O) groups excluding carboxylic acids is 1. The van der Waals surface area contributed by atoms with Crippen molar-refractivity contribution >= 4 is 11.8 Å². The zero-order valence-electron chi connectivity index (χ0n) is 7.74. The fraction of sp³-hybridized carbons (Fsp3) is 0.222. The van der Waals surface area contributed by atoms with Crippen LogP contribution in [-0.2, 0) is 4.79 Å². The van der Waals surface area contributed by atoms with E-state index in [1.165, 1.54) is 19.3 Å². The molecule has 0 atom stereocenters. The number of isocyanates is 1. The second-order valence-electron chi connectivity index (χ2n) is 2.65. The molecule has 0 amide bonds. The summed E-state index contributed by atoms with van der Waals surface area (Å²) in [6.45, 7) is 1.65. The van der Waals surface area contributed by atoms with Crippen LogP contribution < -0.4 is 4.74 Å². The van der Waals surface area contributed by atoms with E-state index in [0.717, 1.165) is 0 Å². The number of hydrogen-bond acceptors (Lipinski definition) is 5. The SMILES string of the molecule is COc1c(C)cc(O)c(N=C=O)c1O. The molecule has 0 heterocycles. The van der Waals surface area contributed by atoms with E-state index in [9.17, 15) is 15.0 Å². The van der Waals surface area contributed by atoms with Crippen LogP contribution >= 0.6 is 0 Å². The smallest absolute Gasteiger partial charge is 0.240 e. The van der Waals surface area contributed by atoms with Gasteiger partial charge in [-0.3, -0.25) is 0 Å². The molecule has 0 fully saturated rings. The number of benzene rings is 1. The van der Waals surface area contributed by atoms with Crippen molar-refractivity contribution in [2.45, 2.75) is 6.92 Å². The van der Waals surface area contributed by atoms with Crippen molar-refractivity contribution in [2.24, 2.45) is 4.99 Å². The molecule has 5 heteroatoms. The number of aryl methyl sites for hydroxylation is 1. The minimum Gasteiger partial charge on any atom is -0.505 e. The van der Waals surface area contributed by atoms with Crippen molar-refractivity contribution in [3.05, 3.63) is 11.6 Å². The molecular formula is C9H9NO4. The standard InChI is InChI=1S/C9H9NO4/c1-5-3-6(12)7(10-4-11)8(13)9(5)14-2/h3,12-13H,1-2H3. The fourth-order valence-electron chi connectivity index (χ4n) is 1.17. The molecule has 0 saturated carbocycles. The normalized spacial score (nSPS) is 9.29. The summed E-state index contributed by atoms with van der Waals surface area (Å²) in [5.74, 6) is -0.477. The highest BCUT2D eigenvalue weighted by Gasteiger charge is 2.15. The number of phenolic OH excluding ortho intramolecular Hbond substituents is 2. The molecule has 1 rings (SSSR count). The lowest BCUT2D eigenvalue weighted by atomic mass is 10.1. The first-order chi connectivity index (χ1) is 6.61. The number of aromatic hydroxyl groups is 2. The molecule has 0 aliphatic carbocycles. The second kappa shape index (κ2) is 3.81. The third-order valence-electron chi connectivity index (χ3n) is 1.75. The lowest BCUT2D eigenvalue weighted by molar-refractivity contribution is 0.368. The quantitative estimate of drug-likeness (QED) is 0.552. The molecule has 0 bridgehead atoms. The molecule has 0 saturated heterocycles. The van der Waals surface area contributed by atoms with Crippen LogP contribution in [0.25, 0.3) is 0 Å². The molecule has 0 aliphatic rings. The third kappa shape index (κ3) is 1.53. The number of rotatable bonds is 2. The summed E-state index contributed by atoms with van der Waals surface area (Å²) in [4.78, 5) is 13.2. The average Bonchev–Trinajstić information content (AvgIpc) is 2.12. The Morgan fingerprint density at radius 3 is 2.64 bits per heavy atom. The highest BCUT2D eigenvalue weighted by Crippen LogP contribution is 2.44. The molecule has 0 aromatic heterocycles. The van der Waals surface area contributed by atoms with Crippen LogP contribution in [0, 0.1) is 6.92 Å². The predicted octanol–water partition coefficient (Wildman–Crippen LogP) is 1.38. The average molecular weight is 195 g/mol. The predicted molar refractivity (Wildman–Crippen MR) is 48.8 cm³/mol. The summed E-state index contributed by atoms with van der Waals surface area (Å²) in [5.41, 5.74) is 0.315. The van der Waals surface area contributed by atoms with Crippen molar-refractivity contribution in [3.63, 3.8) is 0 Å². The monoisotopic (exact) mass is 195 g/mol. The molecule has 0 unspecified atom stereocenters. The highest BCUT2D eigenvalue weighted by molar-refractivity contribution is 5.71. The highest BCUT2D eigenvalue weighted by atomic mass is 16.5. The third-order valence-corrected chi connectivity index (χ3v) is 1.75. The Balaban J connectivity index is 3.51. The van der Waals surface area contributed by atoms with Gasteiger partial charge in [0, 0.05) is 0 Å². The van der Waals surface area contributed by atoms with Crippen molar-refractivity contribution in [3.8, 4) is 17.2 Å². The maximum atomic E-state index is 10.0. The lowest BCUT2D eigenvalue weighted by Gasteiger charge is -2.09. The van der Waals surface area contributed by atoms with Gasteiger partial charge in [-0.15, -0.1) is 0 Å². The van der Waals surface area contributed by atoms with Crippen LogP contribution in [0.2, 0.25) is 0 Å². The Kier molecular flexibility index (Phi) is 2.74. The van der Waals surface area contributed by atoms with Gasteiger partial charge in [0.15, 0.2) is 17.2 Å². The first-order valence-electron chi connectivity index (χ1n) is 3.79. The van der Waals surface area contributed by atoms with Crippen LogP contribution in [0.5, 0.6) is 17.2 Å². The summed E-state index contributed by atoms with van der Waals surface area (Å²) in [5, 5.41) is 18.9. The number of phenols is 2. The Morgan fingerprint density at radius 2 is 2.14 bits per heavy atom. The van der Waals surface area contributed by atoms with Crippen LogP contribution in [0.15, 0.2) is 11.1 Å². The van der Waals surface area contributed by atoms with Gasteiger partial charge in [0.1, 0.15) is 5.75 Å². The Labute approximate surface area is 80.3 Å². The molecular weight excluding hydrogens is 186 g/mol. The van der Waals surface area contributed by atoms with Crippen molar-refractivity contribution in [1.29, 1.82) is 0 Å². The summed E-state index contributed by atoms with van der Waals surface area (Å²) in [6.07, 6.45) is 1.24. The van der Waals surface area contributed by atoms with Gasteiger partial charge in [0.25, 0.3) is 0 Å². The topological polar surface area (TPSA) is 79.1 Å². The van der Waals surface area contributed by atoms with Gasteiger partial charge >= 0.3 is 0 Å².